The molecule has 16 heavy (non-hydrogen) atoms. The smallest absolute Gasteiger partial charge is 0.401 e. The van der Waals surface area contributed by atoms with Gasteiger partial charge in [-0.2, -0.15) is 13.2 Å². The van der Waals surface area contributed by atoms with Crippen LogP contribution in [0.25, 0.3) is 0 Å². The van der Waals surface area contributed by atoms with Gasteiger partial charge in [0.2, 0.25) is 6.79 Å². The van der Waals surface area contributed by atoms with Crippen LogP contribution < -0.4 is 14.8 Å². The summed E-state index contributed by atoms with van der Waals surface area (Å²) in [7, 11) is 0. The number of hydrogen-bond acceptors (Lipinski definition) is 3. The lowest BCUT2D eigenvalue weighted by molar-refractivity contribution is -0.125. The highest BCUT2D eigenvalue weighted by atomic mass is 19.4. The molecule has 1 aliphatic rings. The zero-order chi connectivity index (χ0) is 11.6. The van der Waals surface area contributed by atoms with Crippen LogP contribution >= 0.6 is 0 Å². The van der Waals surface area contributed by atoms with E-state index in [2.05, 4.69) is 5.32 Å². The lowest BCUT2D eigenvalue weighted by Gasteiger charge is -2.09. The molecule has 0 unspecified atom stereocenters. The van der Waals surface area contributed by atoms with E-state index in [1.54, 1.807) is 18.2 Å². The first-order valence-corrected chi connectivity index (χ1v) is 4.71. The highest BCUT2D eigenvalue weighted by Crippen LogP contribution is 2.35. The number of benzene rings is 1. The lowest BCUT2D eigenvalue weighted by atomic mass is 10.2. The summed E-state index contributed by atoms with van der Waals surface area (Å²) >= 11 is 0. The number of para-hydroxylation sites is 1. The Morgan fingerprint density at radius 1 is 1.25 bits per heavy atom. The van der Waals surface area contributed by atoms with Crippen LogP contribution in [0.3, 0.4) is 0 Å². The van der Waals surface area contributed by atoms with E-state index >= 15 is 0 Å². The standard InChI is InChI=1S/C10H10F3NO2/c11-10(12,13)5-14-4-7-2-1-3-8-9(7)16-6-15-8/h1-3,14H,4-6H2. The average molecular weight is 233 g/mol. The van der Waals surface area contributed by atoms with Crippen molar-refractivity contribution in [2.75, 3.05) is 13.3 Å². The minimum Gasteiger partial charge on any atom is -0.454 e. The number of ether oxygens (including phenoxy) is 2. The zero-order valence-electron chi connectivity index (χ0n) is 8.30. The SMILES string of the molecule is FC(F)(F)CNCc1cccc2c1OCO2. The van der Waals surface area contributed by atoms with E-state index in [1.807, 2.05) is 0 Å². The van der Waals surface area contributed by atoms with Gasteiger partial charge in [-0.15, -0.1) is 0 Å². The number of fused-ring (bicyclic) bond motifs is 1. The van der Waals surface area contributed by atoms with E-state index in [9.17, 15) is 13.2 Å². The summed E-state index contributed by atoms with van der Waals surface area (Å²) in [5, 5.41) is 2.31. The molecule has 0 radical (unpaired) electrons. The molecule has 1 aromatic rings. The second-order valence-corrected chi connectivity index (χ2v) is 3.37. The van der Waals surface area contributed by atoms with E-state index in [1.165, 1.54) is 0 Å². The summed E-state index contributed by atoms with van der Waals surface area (Å²) in [6, 6.07) is 5.14. The van der Waals surface area contributed by atoms with Gasteiger partial charge in [0, 0.05) is 12.1 Å². The van der Waals surface area contributed by atoms with Crippen LogP contribution in [0, 0.1) is 0 Å². The molecule has 0 bridgehead atoms. The molecule has 0 spiro atoms. The van der Waals surface area contributed by atoms with Crippen molar-refractivity contribution in [3.8, 4) is 11.5 Å². The molecular formula is C10H10F3NO2. The Bertz CT molecular complexity index is 379. The second kappa shape index (κ2) is 4.21. The van der Waals surface area contributed by atoms with Crippen molar-refractivity contribution in [1.82, 2.24) is 5.32 Å². The first kappa shape index (κ1) is 11.1. The van der Waals surface area contributed by atoms with Gasteiger partial charge in [-0.1, -0.05) is 12.1 Å². The molecule has 6 heteroatoms. The Labute approximate surface area is 90.2 Å². The molecule has 0 saturated heterocycles. The van der Waals surface area contributed by atoms with Crippen LogP contribution in [0.4, 0.5) is 13.2 Å². The molecule has 0 atom stereocenters. The van der Waals surface area contributed by atoms with Crippen molar-refractivity contribution in [3.63, 3.8) is 0 Å². The van der Waals surface area contributed by atoms with E-state index in [0.717, 1.165) is 0 Å². The highest BCUT2D eigenvalue weighted by Gasteiger charge is 2.26. The number of hydrogen-bond donors (Lipinski definition) is 1. The van der Waals surface area contributed by atoms with Crippen molar-refractivity contribution in [2.24, 2.45) is 0 Å². The van der Waals surface area contributed by atoms with Crippen molar-refractivity contribution in [1.29, 1.82) is 0 Å². The Morgan fingerprint density at radius 2 is 2.06 bits per heavy atom. The zero-order valence-corrected chi connectivity index (χ0v) is 8.30. The molecule has 0 aliphatic carbocycles. The molecule has 3 nitrogen and oxygen atoms in total. The number of halogens is 3. The van der Waals surface area contributed by atoms with E-state index < -0.39 is 12.7 Å². The lowest BCUT2D eigenvalue weighted by Crippen LogP contribution is -2.28. The van der Waals surface area contributed by atoms with Crippen LogP contribution in [0.1, 0.15) is 5.56 Å². The predicted molar refractivity (Wildman–Crippen MR) is 50.3 cm³/mol. The molecule has 2 rings (SSSR count). The summed E-state index contributed by atoms with van der Waals surface area (Å²) in [6.07, 6.45) is -4.20. The molecule has 1 heterocycles. The first-order chi connectivity index (χ1) is 7.56. The Morgan fingerprint density at radius 3 is 2.81 bits per heavy atom. The fourth-order valence-electron chi connectivity index (χ4n) is 1.47. The maximum Gasteiger partial charge on any atom is 0.401 e. The first-order valence-electron chi connectivity index (χ1n) is 4.71. The number of rotatable bonds is 3. The summed E-state index contributed by atoms with van der Waals surface area (Å²) in [6.45, 7) is -0.796. The third-order valence-corrected chi connectivity index (χ3v) is 2.12. The summed E-state index contributed by atoms with van der Waals surface area (Å²) in [5.41, 5.74) is 0.666. The van der Waals surface area contributed by atoms with Crippen LogP contribution in [0.15, 0.2) is 18.2 Å². The predicted octanol–water partition coefficient (Wildman–Crippen LogP) is 2.07. The molecule has 0 amide bonds. The van der Waals surface area contributed by atoms with Crippen molar-refractivity contribution in [3.05, 3.63) is 23.8 Å². The Balaban J connectivity index is 1.98. The van der Waals surface area contributed by atoms with E-state index in [0.29, 0.717) is 17.1 Å². The third-order valence-electron chi connectivity index (χ3n) is 2.12. The van der Waals surface area contributed by atoms with Gasteiger partial charge >= 0.3 is 6.18 Å². The summed E-state index contributed by atoms with van der Waals surface area (Å²) in [5.74, 6) is 1.10. The van der Waals surface area contributed by atoms with Gasteiger partial charge in [0.25, 0.3) is 0 Å². The fourth-order valence-corrected chi connectivity index (χ4v) is 1.47. The van der Waals surface area contributed by atoms with Gasteiger partial charge in [-0.3, -0.25) is 0 Å². The Hall–Kier alpha value is -1.43. The fraction of sp³-hybridized carbons (Fsp3) is 0.400. The molecule has 1 aromatic carbocycles. The van der Waals surface area contributed by atoms with Crippen LogP contribution in [0.2, 0.25) is 0 Å². The van der Waals surface area contributed by atoms with Gasteiger partial charge in [-0.05, 0) is 6.07 Å². The average Bonchev–Trinajstić information content (AvgIpc) is 2.64. The molecule has 0 fully saturated rings. The molecule has 1 aliphatic heterocycles. The van der Waals surface area contributed by atoms with Crippen LogP contribution in [0.5, 0.6) is 11.5 Å². The van der Waals surface area contributed by atoms with E-state index in [-0.39, 0.29) is 13.3 Å². The third kappa shape index (κ3) is 2.57. The van der Waals surface area contributed by atoms with Gasteiger partial charge in [0.05, 0.1) is 6.54 Å². The van der Waals surface area contributed by atoms with Crippen molar-refractivity contribution < 1.29 is 22.6 Å². The molecular weight excluding hydrogens is 223 g/mol. The minimum absolute atomic E-state index is 0.103. The van der Waals surface area contributed by atoms with Crippen molar-refractivity contribution >= 4 is 0 Å². The highest BCUT2D eigenvalue weighted by molar-refractivity contribution is 5.48. The summed E-state index contributed by atoms with van der Waals surface area (Å²) < 4.78 is 46.0. The van der Waals surface area contributed by atoms with Crippen LogP contribution in [-0.4, -0.2) is 19.5 Å². The van der Waals surface area contributed by atoms with Crippen molar-refractivity contribution in [2.45, 2.75) is 12.7 Å². The maximum atomic E-state index is 11.9. The summed E-state index contributed by atoms with van der Waals surface area (Å²) in [4.78, 5) is 0. The second-order valence-electron chi connectivity index (χ2n) is 3.37. The van der Waals surface area contributed by atoms with Gasteiger partial charge < -0.3 is 14.8 Å². The molecule has 1 N–H and O–H groups in total. The van der Waals surface area contributed by atoms with Gasteiger partial charge in [0.15, 0.2) is 11.5 Å². The molecule has 0 aromatic heterocycles. The monoisotopic (exact) mass is 233 g/mol. The van der Waals surface area contributed by atoms with E-state index in [4.69, 9.17) is 9.47 Å². The Kier molecular flexibility index (Phi) is 2.91. The van der Waals surface area contributed by atoms with Gasteiger partial charge in [0.1, 0.15) is 0 Å². The topological polar surface area (TPSA) is 30.5 Å². The quantitative estimate of drug-likeness (QED) is 0.866. The number of nitrogens with one attached hydrogen (secondary N) is 1. The van der Waals surface area contributed by atoms with Gasteiger partial charge in [-0.25, -0.2) is 0 Å². The maximum absolute atomic E-state index is 11.9. The molecule has 0 saturated carbocycles. The normalized spacial score (nSPS) is 14.2. The molecule has 88 valence electrons. The minimum atomic E-state index is -4.20. The van der Waals surface area contributed by atoms with Crippen LogP contribution in [-0.2, 0) is 6.54 Å². The number of alkyl halides is 3. The largest absolute Gasteiger partial charge is 0.454 e.